The fraction of sp³-hybridized carbons (Fsp3) is 0.421. The minimum Gasteiger partial charge on any atom is -0.484 e. The molecule has 2 rings (SSSR count). The quantitative estimate of drug-likeness (QED) is 0.540. The van der Waals surface area contributed by atoms with Crippen molar-refractivity contribution in [3.63, 3.8) is 0 Å². The zero-order chi connectivity index (χ0) is 19.6. The summed E-state index contributed by atoms with van der Waals surface area (Å²) < 4.78 is 5.36. The molecule has 7 nitrogen and oxygen atoms in total. The molecule has 0 radical (unpaired) electrons. The number of ether oxygens (including phenoxy) is 1. The highest BCUT2D eigenvalue weighted by Crippen LogP contribution is 2.15. The maximum atomic E-state index is 12.1. The second kappa shape index (κ2) is 10.6. The van der Waals surface area contributed by atoms with Crippen molar-refractivity contribution in [1.29, 1.82) is 0 Å². The number of carbonyl (C=O) groups excluding carboxylic acids is 2. The maximum Gasteiger partial charge on any atom is 0.257 e. The van der Waals surface area contributed by atoms with E-state index < -0.39 is 0 Å². The van der Waals surface area contributed by atoms with Crippen LogP contribution in [0.25, 0.3) is 0 Å². The predicted octanol–water partition coefficient (Wildman–Crippen LogP) is 2.25. The molecular formula is C19H25ClN4O3. The number of nitrogens with zero attached hydrogens (tertiary/aromatic N) is 1. The number of halogens is 1. The highest BCUT2D eigenvalue weighted by molar-refractivity contribution is 6.30. The molecule has 146 valence electrons. The first-order valence-corrected chi connectivity index (χ1v) is 9.25. The van der Waals surface area contributed by atoms with Crippen LogP contribution in [0.4, 0.5) is 0 Å². The lowest BCUT2D eigenvalue weighted by Crippen LogP contribution is -2.39. The number of H-pyrrole nitrogens is 1. The maximum absolute atomic E-state index is 12.1. The summed E-state index contributed by atoms with van der Waals surface area (Å²) in [6, 6.07) is 6.76. The monoisotopic (exact) mass is 392 g/mol. The largest absolute Gasteiger partial charge is 0.484 e. The second-order valence-corrected chi connectivity index (χ2v) is 6.80. The molecular weight excluding hydrogens is 368 g/mol. The third-order valence-electron chi connectivity index (χ3n) is 4.09. The van der Waals surface area contributed by atoms with E-state index in [9.17, 15) is 9.59 Å². The molecule has 1 aromatic heterocycles. The van der Waals surface area contributed by atoms with Gasteiger partial charge < -0.3 is 15.4 Å². The van der Waals surface area contributed by atoms with Crippen molar-refractivity contribution in [2.75, 3.05) is 19.7 Å². The summed E-state index contributed by atoms with van der Waals surface area (Å²) in [5.41, 5.74) is 2.21. The molecule has 0 bridgehead atoms. The van der Waals surface area contributed by atoms with E-state index in [1.807, 2.05) is 6.92 Å². The molecule has 0 aliphatic carbocycles. The Kier molecular flexibility index (Phi) is 8.13. The summed E-state index contributed by atoms with van der Waals surface area (Å²) >= 11 is 5.79. The molecule has 1 atom stereocenters. The Labute approximate surface area is 163 Å². The zero-order valence-electron chi connectivity index (χ0n) is 15.5. The van der Waals surface area contributed by atoms with Crippen molar-refractivity contribution in [2.45, 2.75) is 26.7 Å². The molecule has 27 heavy (non-hydrogen) atoms. The number of carbonyl (C=O) groups is 2. The third kappa shape index (κ3) is 7.30. The van der Waals surface area contributed by atoms with E-state index in [1.165, 1.54) is 0 Å². The first-order valence-electron chi connectivity index (χ1n) is 8.87. The lowest BCUT2D eigenvalue weighted by Gasteiger charge is -2.13. The first kappa shape index (κ1) is 20.8. The van der Waals surface area contributed by atoms with Gasteiger partial charge in [-0.2, -0.15) is 5.10 Å². The molecule has 1 heterocycles. The van der Waals surface area contributed by atoms with Crippen LogP contribution in [0.5, 0.6) is 5.75 Å². The van der Waals surface area contributed by atoms with Crippen LogP contribution in [0.15, 0.2) is 30.5 Å². The van der Waals surface area contributed by atoms with Crippen LogP contribution >= 0.6 is 11.6 Å². The summed E-state index contributed by atoms with van der Waals surface area (Å²) in [7, 11) is 0. The van der Waals surface area contributed by atoms with E-state index >= 15 is 0 Å². The van der Waals surface area contributed by atoms with Gasteiger partial charge in [0, 0.05) is 23.8 Å². The van der Waals surface area contributed by atoms with Gasteiger partial charge in [0.1, 0.15) is 5.75 Å². The van der Waals surface area contributed by atoms with E-state index in [-0.39, 0.29) is 30.9 Å². The molecule has 2 aromatic rings. The Bertz CT molecular complexity index is 746. The van der Waals surface area contributed by atoms with Crippen molar-refractivity contribution in [2.24, 2.45) is 5.92 Å². The number of nitrogens with one attached hydrogen (secondary N) is 3. The zero-order valence-corrected chi connectivity index (χ0v) is 16.3. The summed E-state index contributed by atoms with van der Waals surface area (Å²) in [4.78, 5) is 23.9. The molecule has 0 unspecified atom stereocenters. The van der Waals surface area contributed by atoms with Crippen LogP contribution < -0.4 is 15.4 Å². The normalized spacial score (nSPS) is 11.7. The standard InChI is InChI=1S/C19H25ClN4O3/c1-13(19(26)21-9-3-4-15-11-23-24-14(15)2)10-22-18(25)12-27-17-7-5-16(20)6-8-17/h5-8,11,13H,3-4,9-10,12H2,1-2H3,(H,21,26)(H,22,25)(H,23,24)/t13-/m0/s1. The summed E-state index contributed by atoms with van der Waals surface area (Å²) in [6.45, 7) is 4.48. The van der Waals surface area contributed by atoms with Gasteiger partial charge in [-0.3, -0.25) is 14.7 Å². The number of aromatic amines is 1. The first-order chi connectivity index (χ1) is 13.0. The molecule has 0 spiro atoms. The van der Waals surface area contributed by atoms with E-state index in [0.717, 1.165) is 24.1 Å². The van der Waals surface area contributed by atoms with Crippen LogP contribution in [0, 0.1) is 12.8 Å². The van der Waals surface area contributed by atoms with Gasteiger partial charge in [-0.15, -0.1) is 0 Å². The van der Waals surface area contributed by atoms with Crippen LogP contribution in [0.3, 0.4) is 0 Å². The number of hydrogen-bond donors (Lipinski definition) is 3. The third-order valence-corrected chi connectivity index (χ3v) is 4.34. The van der Waals surface area contributed by atoms with E-state index in [0.29, 0.717) is 17.3 Å². The van der Waals surface area contributed by atoms with Gasteiger partial charge >= 0.3 is 0 Å². The fourth-order valence-corrected chi connectivity index (χ4v) is 2.51. The minimum atomic E-state index is -0.319. The lowest BCUT2D eigenvalue weighted by molar-refractivity contribution is -0.125. The number of rotatable bonds is 10. The van der Waals surface area contributed by atoms with E-state index in [4.69, 9.17) is 16.3 Å². The smallest absolute Gasteiger partial charge is 0.257 e. The fourth-order valence-electron chi connectivity index (χ4n) is 2.38. The molecule has 1 aromatic carbocycles. The van der Waals surface area contributed by atoms with Gasteiger partial charge in [0.2, 0.25) is 5.91 Å². The second-order valence-electron chi connectivity index (χ2n) is 6.36. The van der Waals surface area contributed by atoms with Crippen molar-refractivity contribution >= 4 is 23.4 Å². The minimum absolute atomic E-state index is 0.0853. The Morgan fingerprint density at radius 3 is 2.67 bits per heavy atom. The van der Waals surface area contributed by atoms with Gasteiger partial charge in [-0.1, -0.05) is 18.5 Å². The Balaban J connectivity index is 1.58. The number of benzene rings is 1. The highest BCUT2D eigenvalue weighted by Gasteiger charge is 2.14. The highest BCUT2D eigenvalue weighted by atomic mass is 35.5. The van der Waals surface area contributed by atoms with Crippen molar-refractivity contribution in [1.82, 2.24) is 20.8 Å². The molecule has 0 saturated heterocycles. The Morgan fingerprint density at radius 2 is 2.00 bits per heavy atom. The summed E-state index contributed by atoms with van der Waals surface area (Å²) in [5, 5.41) is 13.1. The average molecular weight is 393 g/mol. The van der Waals surface area contributed by atoms with Gasteiger partial charge in [0.05, 0.1) is 12.1 Å². The van der Waals surface area contributed by atoms with Crippen molar-refractivity contribution < 1.29 is 14.3 Å². The van der Waals surface area contributed by atoms with E-state index in [2.05, 4.69) is 20.8 Å². The van der Waals surface area contributed by atoms with Crippen molar-refractivity contribution in [3.05, 3.63) is 46.7 Å². The van der Waals surface area contributed by atoms with Gasteiger partial charge in [0.15, 0.2) is 6.61 Å². The van der Waals surface area contributed by atoms with Gasteiger partial charge in [0.25, 0.3) is 5.91 Å². The molecule has 0 saturated carbocycles. The van der Waals surface area contributed by atoms with Crippen LogP contribution in [-0.4, -0.2) is 41.7 Å². The van der Waals surface area contributed by atoms with Gasteiger partial charge in [-0.25, -0.2) is 0 Å². The van der Waals surface area contributed by atoms with E-state index in [1.54, 1.807) is 37.4 Å². The molecule has 0 fully saturated rings. The molecule has 2 amide bonds. The number of amides is 2. The van der Waals surface area contributed by atoms with Crippen LogP contribution in [-0.2, 0) is 16.0 Å². The molecule has 8 heteroatoms. The molecule has 0 aliphatic heterocycles. The predicted molar refractivity (Wildman–Crippen MR) is 104 cm³/mol. The lowest BCUT2D eigenvalue weighted by atomic mass is 10.1. The van der Waals surface area contributed by atoms with Crippen LogP contribution in [0.2, 0.25) is 5.02 Å². The molecule has 0 aliphatic rings. The van der Waals surface area contributed by atoms with Gasteiger partial charge in [-0.05, 0) is 49.6 Å². The Hall–Kier alpha value is -2.54. The number of hydrogen-bond acceptors (Lipinski definition) is 4. The van der Waals surface area contributed by atoms with Crippen LogP contribution in [0.1, 0.15) is 24.6 Å². The summed E-state index contributed by atoms with van der Waals surface area (Å²) in [5.74, 6) is -0.119. The Morgan fingerprint density at radius 1 is 1.26 bits per heavy atom. The van der Waals surface area contributed by atoms with Crippen molar-refractivity contribution in [3.8, 4) is 5.75 Å². The molecule has 3 N–H and O–H groups in total. The SMILES string of the molecule is Cc1[nH]ncc1CCCNC(=O)[C@@H](C)CNC(=O)COc1ccc(Cl)cc1. The topological polar surface area (TPSA) is 96.1 Å². The number of aromatic nitrogens is 2. The average Bonchev–Trinajstić information content (AvgIpc) is 3.07. The summed E-state index contributed by atoms with van der Waals surface area (Å²) in [6.07, 6.45) is 3.50. The number of aryl methyl sites for hydroxylation is 2.